The number of benzene rings is 1. The van der Waals surface area contributed by atoms with Crippen molar-refractivity contribution in [2.45, 2.75) is 6.42 Å². The fourth-order valence-electron chi connectivity index (χ4n) is 3.75. The smallest absolute Gasteiger partial charge is 0.238 e. The van der Waals surface area contributed by atoms with Crippen LogP contribution in [0.15, 0.2) is 36.4 Å². The van der Waals surface area contributed by atoms with E-state index in [2.05, 4.69) is 34.7 Å². The van der Waals surface area contributed by atoms with Gasteiger partial charge in [0.05, 0.1) is 17.5 Å². The van der Waals surface area contributed by atoms with Gasteiger partial charge in [0.25, 0.3) is 0 Å². The minimum atomic E-state index is -0.109. The van der Waals surface area contributed by atoms with Gasteiger partial charge in [-0.05, 0) is 65.1 Å². The van der Waals surface area contributed by atoms with E-state index in [1.807, 2.05) is 24.3 Å². The number of allylic oxidation sites excluding steroid dienone is 2. The summed E-state index contributed by atoms with van der Waals surface area (Å²) in [5, 5.41) is 0. The molecule has 4 atom stereocenters. The summed E-state index contributed by atoms with van der Waals surface area (Å²) in [7, 11) is 0. The molecule has 3 nitrogen and oxygen atoms in total. The summed E-state index contributed by atoms with van der Waals surface area (Å²) in [4.78, 5) is 26.5. The first-order chi connectivity index (χ1) is 9.16. The van der Waals surface area contributed by atoms with Gasteiger partial charge in [-0.2, -0.15) is 0 Å². The minimum Gasteiger partial charge on any atom is -0.274 e. The second-order valence-corrected chi connectivity index (χ2v) is 6.73. The Hall–Kier alpha value is -1.17. The molecule has 1 aromatic rings. The molecule has 3 aliphatic rings. The molecule has 1 saturated carbocycles. The molecule has 4 rings (SSSR count). The summed E-state index contributed by atoms with van der Waals surface area (Å²) in [5.74, 6) is 0.324. The van der Waals surface area contributed by atoms with Crippen LogP contribution in [-0.4, -0.2) is 11.8 Å². The maximum atomic E-state index is 12.5. The lowest BCUT2D eigenvalue weighted by Gasteiger charge is -2.17. The summed E-state index contributed by atoms with van der Waals surface area (Å²) in [5.41, 5.74) is 0.712. The van der Waals surface area contributed by atoms with E-state index in [4.69, 9.17) is 0 Å². The topological polar surface area (TPSA) is 37.4 Å². The molecule has 96 valence electrons. The maximum absolute atomic E-state index is 12.5. The van der Waals surface area contributed by atoms with E-state index in [1.165, 1.54) is 4.90 Å². The second-order valence-electron chi connectivity index (χ2n) is 5.49. The van der Waals surface area contributed by atoms with Crippen molar-refractivity contribution in [3.8, 4) is 0 Å². The van der Waals surface area contributed by atoms with E-state index in [0.29, 0.717) is 5.69 Å². The Kier molecular flexibility index (Phi) is 2.40. The van der Waals surface area contributed by atoms with E-state index in [-0.39, 0.29) is 35.5 Å². The molecule has 2 bridgehead atoms. The van der Waals surface area contributed by atoms with Crippen molar-refractivity contribution in [1.29, 1.82) is 0 Å². The zero-order chi connectivity index (χ0) is 13.1. The number of amides is 2. The van der Waals surface area contributed by atoms with Gasteiger partial charge in [-0.3, -0.25) is 14.5 Å². The molecule has 1 saturated heterocycles. The average molecular weight is 365 g/mol. The van der Waals surface area contributed by atoms with Crippen molar-refractivity contribution in [3.63, 3.8) is 0 Å². The zero-order valence-electron chi connectivity index (χ0n) is 10.1. The molecule has 19 heavy (non-hydrogen) atoms. The number of anilines is 1. The number of imide groups is 1. The highest BCUT2D eigenvalue weighted by molar-refractivity contribution is 14.1. The lowest BCUT2D eigenvalue weighted by atomic mass is 9.85. The number of halogens is 1. The van der Waals surface area contributed by atoms with E-state index in [1.54, 1.807) is 0 Å². The maximum Gasteiger partial charge on any atom is 0.238 e. The average Bonchev–Trinajstić information content (AvgIpc) is 3.06. The van der Waals surface area contributed by atoms with Crippen LogP contribution in [0.2, 0.25) is 0 Å². The molecule has 4 heteroatoms. The molecule has 2 aliphatic carbocycles. The van der Waals surface area contributed by atoms with E-state index >= 15 is 0 Å². The number of carbonyl (C=O) groups is 2. The second kappa shape index (κ2) is 3.91. The minimum absolute atomic E-state index is 0.00643. The molecule has 0 spiro atoms. The van der Waals surface area contributed by atoms with E-state index in [9.17, 15) is 9.59 Å². The monoisotopic (exact) mass is 365 g/mol. The number of fused-ring (bicyclic) bond motifs is 5. The Balaban J connectivity index is 1.74. The standard InChI is InChI=1S/C15H12INO2/c16-10-3-5-11(6-4-10)17-14(18)12-8-1-2-9(7-8)13(12)15(17)19/h1-6,8-9,12-13H,7H2/t8-,9-,12+,13+/m0/s1. The van der Waals surface area contributed by atoms with Gasteiger partial charge in [0.2, 0.25) is 11.8 Å². The van der Waals surface area contributed by atoms with Crippen LogP contribution in [0.3, 0.4) is 0 Å². The van der Waals surface area contributed by atoms with Crippen LogP contribution in [0, 0.1) is 27.2 Å². The van der Waals surface area contributed by atoms with Gasteiger partial charge in [0.1, 0.15) is 0 Å². The molecule has 0 N–H and O–H groups in total. The normalized spacial score (nSPS) is 35.3. The Morgan fingerprint density at radius 3 is 2.00 bits per heavy atom. The largest absolute Gasteiger partial charge is 0.274 e. The van der Waals surface area contributed by atoms with Crippen LogP contribution in [0.25, 0.3) is 0 Å². The molecule has 2 amide bonds. The summed E-state index contributed by atoms with van der Waals surface area (Å²) in [6.07, 6.45) is 5.22. The van der Waals surface area contributed by atoms with Gasteiger partial charge >= 0.3 is 0 Å². The molecular formula is C15H12INO2. The number of hydrogen-bond donors (Lipinski definition) is 0. The number of rotatable bonds is 1. The summed E-state index contributed by atoms with van der Waals surface area (Å²) in [6.45, 7) is 0. The van der Waals surface area contributed by atoms with Gasteiger partial charge in [-0.15, -0.1) is 0 Å². The van der Waals surface area contributed by atoms with Crippen LogP contribution in [0.5, 0.6) is 0 Å². The molecule has 1 aromatic carbocycles. The van der Waals surface area contributed by atoms with Gasteiger partial charge in [-0.25, -0.2) is 0 Å². The Labute approximate surface area is 124 Å². The fraction of sp³-hybridized carbons (Fsp3) is 0.333. The summed E-state index contributed by atoms with van der Waals surface area (Å²) >= 11 is 2.22. The van der Waals surface area contributed by atoms with Crippen LogP contribution in [0.4, 0.5) is 5.69 Å². The Morgan fingerprint density at radius 1 is 0.947 bits per heavy atom. The SMILES string of the molecule is O=C1[C@H]2[C@H](C(=O)N1c1ccc(I)cc1)[C@H]1C=C[C@H]2C1. The van der Waals surface area contributed by atoms with Gasteiger partial charge in [0, 0.05) is 3.57 Å². The Morgan fingerprint density at radius 2 is 1.47 bits per heavy atom. The van der Waals surface area contributed by atoms with E-state index in [0.717, 1.165) is 9.99 Å². The molecule has 0 aromatic heterocycles. The Bertz CT molecular complexity index is 577. The quantitative estimate of drug-likeness (QED) is 0.436. The molecule has 0 unspecified atom stereocenters. The van der Waals surface area contributed by atoms with Gasteiger partial charge < -0.3 is 0 Å². The number of nitrogens with zero attached hydrogens (tertiary/aromatic N) is 1. The van der Waals surface area contributed by atoms with Crippen molar-refractivity contribution in [3.05, 3.63) is 40.0 Å². The molecule has 2 fully saturated rings. The van der Waals surface area contributed by atoms with Crippen molar-refractivity contribution in [2.75, 3.05) is 4.90 Å². The van der Waals surface area contributed by atoms with Crippen molar-refractivity contribution >= 4 is 40.1 Å². The summed E-state index contributed by atoms with van der Waals surface area (Å²) in [6, 6.07) is 7.57. The van der Waals surface area contributed by atoms with E-state index < -0.39 is 0 Å². The third kappa shape index (κ3) is 1.49. The lowest BCUT2D eigenvalue weighted by Crippen LogP contribution is -2.32. The van der Waals surface area contributed by atoms with Crippen LogP contribution >= 0.6 is 22.6 Å². The van der Waals surface area contributed by atoms with Crippen LogP contribution in [0.1, 0.15) is 6.42 Å². The number of hydrogen-bond acceptors (Lipinski definition) is 2. The van der Waals surface area contributed by atoms with Crippen molar-refractivity contribution < 1.29 is 9.59 Å². The fourth-order valence-corrected chi connectivity index (χ4v) is 4.11. The highest BCUT2D eigenvalue weighted by Crippen LogP contribution is 2.53. The van der Waals surface area contributed by atoms with Crippen molar-refractivity contribution in [2.24, 2.45) is 23.7 Å². The zero-order valence-corrected chi connectivity index (χ0v) is 12.3. The van der Waals surface area contributed by atoms with Crippen molar-refractivity contribution in [1.82, 2.24) is 0 Å². The van der Waals surface area contributed by atoms with Crippen LogP contribution < -0.4 is 4.90 Å². The third-order valence-corrected chi connectivity index (χ3v) is 5.27. The molecule has 1 aliphatic heterocycles. The lowest BCUT2D eigenvalue weighted by molar-refractivity contribution is -0.123. The first kappa shape index (κ1) is 11.6. The summed E-state index contributed by atoms with van der Waals surface area (Å²) < 4.78 is 1.10. The molecule has 1 heterocycles. The third-order valence-electron chi connectivity index (χ3n) is 4.56. The molecule has 0 radical (unpaired) electrons. The van der Waals surface area contributed by atoms with Gasteiger partial charge in [-0.1, -0.05) is 12.2 Å². The first-order valence-corrected chi connectivity index (χ1v) is 7.56. The highest BCUT2D eigenvalue weighted by Gasteiger charge is 2.59. The van der Waals surface area contributed by atoms with Crippen LogP contribution in [-0.2, 0) is 9.59 Å². The highest BCUT2D eigenvalue weighted by atomic mass is 127. The predicted molar refractivity (Wildman–Crippen MR) is 79.4 cm³/mol. The predicted octanol–water partition coefficient (Wildman–Crippen LogP) is 2.60. The first-order valence-electron chi connectivity index (χ1n) is 6.48. The van der Waals surface area contributed by atoms with Gasteiger partial charge in [0.15, 0.2) is 0 Å². The molecular weight excluding hydrogens is 353 g/mol. The number of carbonyl (C=O) groups excluding carboxylic acids is 2.